The van der Waals surface area contributed by atoms with E-state index in [1.807, 2.05) is 31.2 Å². The first-order valence-electron chi connectivity index (χ1n) is 7.54. The Bertz CT molecular complexity index is 736. The molecule has 1 unspecified atom stereocenters. The summed E-state index contributed by atoms with van der Waals surface area (Å²) >= 11 is 4.52. The minimum absolute atomic E-state index is 0. The number of hydrogen-bond acceptors (Lipinski definition) is 3. The van der Waals surface area contributed by atoms with E-state index >= 15 is 0 Å². The summed E-state index contributed by atoms with van der Waals surface area (Å²) in [4.78, 5) is 7.75. The van der Waals surface area contributed by atoms with Crippen molar-refractivity contribution < 1.29 is 13.2 Å². The number of guanidine groups is 1. The van der Waals surface area contributed by atoms with Gasteiger partial charge in [-0.1, -0.05) is 34.1 Å². The van der Waals surface area contributed by atoms with Gasteiger partial charge < -0.3 is 10.6 Å². The van der Waals surface area contributed by atoms with Gasteiger partial charge in [-0.3, -0.25) is 4.99 Å². The number of thiazole rings is 1. The summed E-state index contributed by atoms with van der Waals surface area (Å²) in [5.74, 6) is 0.579. The molecule has 144 valence electrons. The van der Waals surface area contributed by atoms with Crippen LogP contribution in [0.25, 0.3) is 0 Å². The molecule has 2 aromatic rings. The third-order valence-corrected chi connectivity index (χ3v) is 5.05. The van der Waals surface area contributed by atoms with Gasteiger partial charge in [0.05, 0.1) is 11.0 Å². The smallest absolute Gasteiger partial charge is 0.356 e. The molecule has 0 bridgehead atoms. The van der Waals surface area contributed by atoms with Crippen LogP contribution in [0.5, 0.6) is 0 Å². The lowest BCUT2D eigenvalue weighted by atomic mass is 10.1. The Kier molecular flexibility index (Phi) is 9.31. The maximum Gasteiger partial charge on any atom is 0.434 e. The fourth-order valence-corrected chi connectivity index (χ4v) is 3.58. The predicted molar refractivity (Wildman–Crippen MR) is 113 cm³/mol. The molecule has 4 nitrogen and oxygen atoms in total. The molecule has 1 aromatic heterocycles. The summed E-state index contributed by atoms with van der Waals surface area (Å²) in [6.07, 6.45) is -4.00. The summed E-state index contributed by atoms with van der Waals surface area (Å²) in [5, 5.41) is 7.82. The lowest BCUT2D eigenvalue weighted by molar-refractivity contribution is -0.140. The quantitative estimate of drug-likeness (QED) is 0.306. The number of nitrogens with one attached hydrogen (secondary N) is 2. The molecule has 0 aliphatic carbocycles. The van der Waals surface area contributed by atoms with Crippen LogP contribution < -0.4 is 10.6 Å². The van der Waals surface area contributed by atoms with Gasteiger partial charge in [-0.15, -0.1) is 35.3 Å². The van der Waals surface area contributed by atoms with Crippen molar-refractivity contribution in [2.24, 2.45) is 4.99 Å². The first kappa shape index (κ1) is 23.2. The van der Waals surface area contributed by atoms with Gasteiger partial charge in [-0.05, 0) is 18.6 Å². The first-order valence-corrected chi connectivity index (χ1v) is 9.21. The molecular formula is C16H19BrF3IN4S. The summed E-state index contributed by atoms with van der Waals surface area (Å²) in [5.41, 5.74) is 0.248. The highest BCUT2D eigenvalue weighted by atomic mass is 127. The van der Waals surface area contributed by atoms with Crippen LogP contribution in [0.3, 0.4) is 0 Å². The van der Waals surface area contributed by atoms with Crippen molar-refractivity contribution in [1.82, 2.24) is 15.6 Å². The molecular weight excluding hydrogens is 544 g/mol. The van der Waals surface area contributed by atoms with Gasteiger partial charge >= 0.3 is 6.18 Å². The molecule has 0 amide bonds. The fourth-order valence-electron chi connectivity index (χ4n) is 2.15. The van der Waals surface area contributed by atoms with Gasteiger partial charge in [0.15, 0.2) is 11.7 Å². The number of aromatic nitrogens is 1. The van der Waals surface area contributed by atoms with Crippen molar-refractivity contribution in [3.8, 4) is 0 Å². The number of hydrogen-bond donors (Lipinski definition) is 2. The molecule has 2 rings (SSSR count). The SMILES string of the molecule is CN=C(NCCc1nc(C(F)(F)F)cs1)NC(C)c1ccccc1Br.I. The van der Waals surface area contributed by atoms with Gasteiger partial charge in [-0.2, -0.15) is 13.2 Å². The van der Waals surface area contributed by atoms with E-state index in [4.69, 9.17) is 0 Å². The average Bonchev–Trinajstić information content (AvgIpc) is 3.03. The summed E-state index contributed by atoms with van der Waals surface area (Å²) in [7, 11) is 1.65. The molecule has 0 aliphatic heterocycles. The number of alkyl halides is 3. The Hall–Kier alpha value is -0.880. The molecule has 0 saturated carbocycles. The van der Waals surface area contributed by atoms with Crippen LogP contribution >= 0.6 is 51.2 Å². The minimum atomic E-state index is -4.39. The topological polar surface area (TPSA) is 49.3 Å². The van der Waals surface area contributed by atoms with E-state index in [-0.39, 0.29) is 30.0 Å². The van der Waals surface area contributed by atoms with Crippen molar-refractivity contribution in [2.75, 3.05) is 13.6 Å². The lowest BCUT2D eigenvalue weighted by Crippen LogP contribution is -2.39. The second kappa shape index (κ2) is 10.5. The molecule has 10 heteroatoms. The molecule has 1 heterocycles. The van der Waals surface area contributed by atoms with Gasteiger partial charge in [-0.25, -0.2) is 4.98 Å². The predicted octanol–water partition coefficient (Wildman–Crippen LogP) is 5.01. The highest BCUT2D eigenvalue weighted by molar-refractivity contribution is 14.0. The summed E-state index contributed by atoms with van der Waals surface area (Å²) < 4.78 is 38.6. The molecule has 0 fully saturated rings. The molecule has 1 atom stereocenters. The highest BCUT2D eigenvalue weighted by Gasteiger charge is 2.33. The average molecular weight is 563 g/mol. The van der Waals surface area contributed by atoms with Crippen molar-refractivity contribution in [3.63, 3.8) is 0 Å². The molecule has 26 heavy (non-hydrogen) atoms. The zero-order valence-electron chi connectivity index (χ0n) is 14.1. The van der Waals surface area contributed by atoms with Crippen LogP contribution in [0, 0.1) is 0 Å². The molecule has 0 radical (unpaired) electrons. The third-order valence-electron chi connectivity index (χ3n) is 3.42. The maximum atomic E-state index is 12.5. The van der Waals surface area contributed by atoms with Gasteiger partial charge in [0.2, 0.25) is 0 Å². The van der Waals surface area contributed by atoms with Gasteiger partial charge in [0, 0.05) is 29.9 Å². The van der Waals surface area contributed by atoms with Crippen LogP contribution in [0.15, 0.2) is 39.1 Å². The van der Waals surface area contributed by atoms with Gasteiger partial charge in [0.1, 0.15) is 0 Å². The Labute approximate surface area is 179 Å². The zero-order chi connectivity index (χ0) is 18.4. The normalized spacial score (nSPS) is 13.1. The molecule has 0 saturated heterocycles. The van der Waals surface area contributed by atoms with Crippen molar-refractivity contribution in [2.45, 2.75) is 25.6 Å². The lowest BCUT2D eigenvalue weighted by Gasteiger charge is -2.19. The number of rotatable bonds is 5. The number of benzene rings is 1. The Morgan fingerprint density at radius 1 is 1.35 bits per heavy atom. The number of nitrogens with zero attached hydrogens (tertiary/aromatic N) is 2. The summed E-state index contributed by atoms with van der Waals surface area (Å²) in [6, 6.07) is 7.87. The Morgan fingerprint density at radius 3 is 2.62 bits per heavy atom. The van der Waals surface area contributed by atoms with E-state index in [2.05, 4.69) is 36.5 Å². The second-order valence-electron chi connectivity index (χ2n) is 5.26. The monoisotopic (exact) mass is 562 g/mol. The van der Waals surface area contributed by atoms with Crippen molar-refractivity contribution >= 4 is 57.2 Å². The standard InChI is InChI=1S/C16H18BrF3N4S.HI/c1-10(11-5-3-4-6-12(11)17)23-15(21-2)22-8-7-14-24-13(9-25-14)16(18,19)20;/h3-6,9-10H,7-8H2,1-2H3,(H2,21,22,23);1H. The number of aliphatic imine (C=N–C) groups is 1. The molecule has 0 aliphatic rings. The largest absolute Gasteiger partial charge is 0.434 e. The first-order chi connectivity index (χ1) is 11.8. The van der Waals surface area contributed by atoms with E-state index in [1.54, 1.807) is 7.05 Å². The highest BCUT2D eigenvalue weighted by Crippen LogP contribution is 2.30. The van der Waals surface area contributed by atoms with E-state index in [0.29, 0.717) is 23.9 Å². The Balaban J connectivity index is 0.00000338. The van der Waals surface area contributed by atoms with Crippen molar-refractivity contribution in [1.29, 1.82) is 0 Å². The van der Waals surface area contributed by atoms with E-state index in [0.717, 1.165) is 26.8 Å². The van der Waals surface area contributed by atoms with Crippen molar-refractivity contribution in [3.05, 3.63) is 50.4 Å². The van der Waals surface area contributed by atoms with Gasteiger partial charge in [0.25, 0.3) is 0 Å². The van der Waals surface area contributed by atoms with E-state index in [1.165, 1.54) is 0 Å². The zero-order valence-corrected chi connectivity index (χ0v) is 18.8. The molecule has 2 N–H and O–H groups in total. The van der Waals surface area contributed by atoms with E-state index in [9.17, 15) is 13.2 Å². The minimum Gasteiger partial charge on any atom is -0.356 e. The fraction of sp³-hybridized carbons (Fsp3) is 0.375. The molecule has 0 spiro atoms. The Morgan fingerprint density at radius 2 is 2.04 bits per heavy atom. The third kappa shape index (κ3) is 6.69. The maximum absolute atomic E-state index is 12.5. The van der Waals surface area contributed by atoms with Crippen LogP contribution in [0.4, 0.5) is 13.2 Å². The van der Waals surface area contributed by atoms with Crippen LogP contribution in [0.1, 0.15) is 29.2 Å². The number of halogens is 5. The molecule has 1 aromatic carbocycles. The van der Waals surface area contributed by atoms with Crippen LogP contribution in [0.2, 0.25) is 0 Å². The van der Waals surface area contributed by atoms with Crippen LogP contribution in [-0.2, 0) is 12.6 Å². The second-order valence-corrected chi connectivity index (χ2v) is 7.06. The van der Waals surface area contributed by atoms with E-state index < -0.39 is 11.9 Å². The van der Waals surface area contributed by atoms with Crippen LogP contribution in [-0.4, -0.2) is 24.5 Å². The summed E-state index contributed by atoms with van der Waals surface area (Å²) in [6.45, 7) is 2.44.